The molecule has 2 aliphatic rings. The molecule has 2 aliphatic heterocycles. The number of ether oxygens (including phenoxy) is 3. The van der Waals surface area contributed by atoms with Crippen LogP contribution in [0.3, 0.4) is 0 Å². The van der Waals surface area contributed by atoms with Crippen LogP contribution in [0.2, 0.25) is 0 Å². The highest BCUT2D eigenvalue weighted by Gasteiger charge is 2.32. The number of carbonyl (C=O) groups is 2. The monoisotopic (exact) mass is 389 g/mol. The number of hydrogen-bond acceptors (Lipinski definition) is 6. The fraction of sp³-hybridized carbons (Fsp3) is 0.500. The SMILES string of the molecule is CCOC(=O)C1=C(CN2CCC[C@H]2c2cc(OC)ccc2OC)NC(=O)NC1. The van der Waals surface area contributed by atoms with Crippen molar-refractivity contribution in [1.82, 2.24) is 15.5 Å². The molecule has 1 aromatic rings. The van der Waals surface area contributed by atoms with Crippen LogP contribution in [0.4, 0.5) is 4.79 Å². The standard InChI is InChI=1S/C20H27N3O5/c1-4-28-19(24)15-11-21-20(25)22-16(15)12-23-9-5-6-17(23)14-10-13(26-2)7-8-18(14)27-3/h7-8,10,17H,4-6,9,11-12H2,1-3H3,(H2,21,22,25)/t17-/m0/s1. The Kier molecular flexibility index (Phi) is 6.41. The Morgan fingerprint density at radius 2 is 2.11 bits per heavy atom. The van der Waals surface area contributed by atoms with Crippen LogP contribution >= 0.6 is 0 Å². The second kappa shape index (κ2) is 8.97. The van der Waals surface area contributed by atoms with Gasteiger partial charge in [-0.15, -0.1) is 0 Å². The lowest BCUT2D eigenvalue weighted by Crippen LogP contribution is -2.46. The van der Waals surface area contributed by atoms with Gasteiger partial charge in [0.15, 0.2) is 0 Å². The molecule has 0 saturated carbocycles. The van der Waals surface area contributed by atoms with Crippen molar-refractivity contribution >= 4 is 12.0 Å². The van der Waals surface area contributed by atoms with Crippen LogP contribution in [-0.2, 0) is 9.53 Å². The van der Waals surface area contributed by atoms with E-state index in [0.29, 0.717) is 17.8 Å². The Hall–Kier alpha value is -2.74. The molecule has 1 fully saturated rings. The Bertz CT molecular complexity index is 777. The van der Waals surface area contributed by atoms with Gasteiger partial charge in [0.05, 0.1) is 32.9 Å². The summed E-state index contributed by atoms with van der Waals surface area (Å²) in [5, 5.41) is 5.43. The number of rotatable bonds is 7. The number of hydrogen-bond donors (Lipinski definition) is 2. The van der Waals surface area contributed by atoms with E-state index in [1.807, 2.05) is 18.2 Å². The molecule has 0 spiro atoms. The van der Waals surface area contributed by atoms with Gasteiger partial charge in [0.1, 0.15) is 11.5 Å². The minimum absolute atomic E-state index is 0.104. The van der Waals surface area contributed by atoms with Crippen molar-refractivity contribution in [2.45, 2.75) is 25.8 Å². The maximum Gasteiger partial charge on any atom is 0.337 e. The molecule has 3 rings (SSSR count). The number of nitrogens with one attached hydrogen (secondary N) is 2. The minimum atomic E-state index is -0.403. The Labute approximate surface area is 164 Å². The second-order valence-electron chi connectivity index (χ2n) is 6.72. The molecule has 8 heteroatoms. The molecule has 0 bridgehead atoms. The third kappa shape index (κ3) is 4.22. The Morgan fingerprint density at radius 3 is 2.82 bits per heavy atom. The van der Waals surface area contributed by atoms with E-state index >= 15 is 0 Å². The predicted molar refractivity (Wildman–Crippen MR) is 103 cm³/mol. The number of esters is 1. The summed E-state index contributed by atoms with van der Waals surface area (Å²) in [7, 11) is 3.29. The Balaban J connectivity index is 1.88. The average Bonchev–Trinajstić information content (AvgIpc) is 3.15. The molecule has 8 nitrogen and oxygen atoms in total. The zero-order valence-electron chi connectivity index (χ0n) is 16.5. The van der Waals surface area contributed by atoms with E-state index in [-0.39, 0.29) is 25.2 Å². The van der Waals surface area contributed by atoms with Gasteiger partial charge in [-0.3, -0.25) is 4.90 Å². The number of benzene rings is 1. The molecule has 2 heterocycles. The molecule has 1 atom stereocenters. The molecule has 1 aromatic carbocycles. The predicted octanol–water partition coefficient (Wildman–Crippen LogP) is 1.97. The van der Waals surface area contributed by atoms with Gasteiger partial charge in [0.2, 0.25) is 0 Å². The van der Waals surface area contributed by atoms with Crippen LogP contribution in [-0.4, -0.2) is 57.4 Å². The normalized spacial score (nSPS) is 19.8. The van der Waals surface area contributed by atoms with Crippen molar-refractivity contribution in [3.8, 4) is 11.5 Å². The van der Waals surface area contributed by atoms with Crippen LogP contribution in [0.1, 0.15) is 31.4 Å². The lowest BCUT2D eigenvalue weighted by molar-refractivity contribution is -0.138. The molecule has 2 N–H and O–H groups in total. The summed E-state index contributed by atoms with van der Waals surface area (Å²) < 4.78 is 16.1. The molecule has 28 heavy (non-hydrogen) atoms. The molecule has 0 aliphatic carbocycles. The number of urea groups is 1. The highest BCUT2D eigenvalue weighted by molar-refractivity contribution is 5.93. The van der Waals surface area contributed by atoms with E-state index < -0.39 is 5.97 Å². The first kappa shape index (κ1) is 20.0. The largest absolute Gasteiger partial charge is 0.497 e. The summed E-state index contributed by atoms with van der Waals surface area (Å²) in [5.41, 5.74) is 2.10. The highest BCUT2D eigenvalue weighted by atomic mass is 16.5. The Morgan fingerprint density at radius 1 is 1.29 bits per heavy atom. The van der Waals surface area contributed by atoms with Gasteiger partial charge in [0.25, 0.3) is 0 Å². The van der Waals surface area contributed by atoms with E-state index in [9.17, 15) is 9.59 Å². The smallest absolute Gasteiger partial charge is 0.337 e. The second-order valence-corrected chi connectivity index (χ2v) is 6.72. The van der Waals surface area contributed by atoms with E-state index in [2.05, 4.69) is 15.5 Å². The van der Waals surface area contributed by atoms with E-state index in [1.165, 1.54) is 0 Å². The lowest BCUT2D eigenvalue weighted by Gasteiger charge is -2.30. The summed E-state index contributed by atoms with van der Waals surface area (Å²) >= 11 is 0. The molecule has 2 amide bonds. The number of methoxy groups -OCH3 is 2. The van der Waals surface area contributed by atoms with Crippen LogP contribution in [0.5, 0.6) is 11.5 Å². The van der Waals surface area contributed by atoms with Gasteiger partial charge in [-0.05, 0) is 44.5 Å². The fourth-order valence-electron chi connectivity index (χ4n) is 3.75. The summed E-state index contributed by atoms with van der Waals surface area (Å²) in [4.78, 5) is 26.4. The molecule has 0 aromatic heterocycles. The van der Waals surface area contributed by atoms with Crippen molar-refractivity contribution in [2.24, 2.45) is 0 Å². The molecular weight excluding hydrogens is 362 g/mol. The summed E-state index contributed by atoms with van der Waals surface area (Å²) in [6.45, 7) is 3.52. The maximum atomic E-state index is 12.3. The molecule has 0 radical (unpaired) electrons. The van der Waals surface area contributed by atoms with E-state index in [4.69, 9.17) is 14.2 Å². The van der Waals surface area contributed by atoms with Gasteiger partial charge in [0, 0.05) is 23.8 Å². The van der Waals surface area contributed by atoms with Crippen LogP contribution in [0, 0.1) is 0 Å². The van der Waals surface area contributed by atoms with Gasteiger partial charge in [-0.2, -0.15) is 0 Å². The zero-order valence-corrected chi connectivity index (χ0v) is 16.5. The van der Waals surface area contributed by atoms with Crippen LogP contribution < -0.4 is 20.1 Å². The number of likely N-dealkylation sites (tertiary alicyclic amines) is 1. The fourth-order valence-corrected chi connectivity index (χ4v) is 3.75. The first-order chi connectivity index (χ1) is 13.6. The van der Waals surface area contributed by atoms with Crippen molar-refractivity contribution in [3.05, 3.63) is 35.0 Å². The minimum Gasteiger partial charge on any atom is -0.497 e. The lowest BCUT2D eigenvalue weighted by atomic mass is 10.0. The summed E-state index contributed by atoms with van der Waals surface area (Å²) in [5.74, 6) is 1.16. The summed E-state index contributed by atoms with van der Waals surface area (Å²) in [6.07, 6.45) is 1.97. The van der Waals surface area contributed by atoms with E-state index in [0.717, 1.165) is 36.4 Å². The van der Waals surface area contributed by atoms with Crippen molar-refractivity contribution in [1.29, 1.82) is 0 Å². The highest BCUT2D eigenvalue weighted by Crippen LogP contribution is 2.39. The third-order valence-corrected chi connectivity index (χ3v) is 5.10. The quantitative estimate of drug-likeness (QED) is 0.693. The van der Waals surface area contributed by atoms with Gasteiger partial charge < -0.3 is 24.8 Å². The average molecular weight is 389 g/mol. The molecule has 152 valence electrons. The first-order valence-electron chi connectivity index (χ1n) is 9.47. The number of carbonyl (C=O) groups excluding carboxylic acids is 2. The van der Waals surface area contributed by atoms with Gasteiger partial charge in [-0.1, -0.05) is 0 Å². The zero-order chi connectivity index (χ0) is 20.1. The topological polar surface area (TPSA) is 89.1 Å². The third-order valence-electron chi connectivity index (χ3n) is 5.10. The molecule has 1 saturated heterocycles. The number of nitrogens with zero attached hydrogens (tertiary/aromatic N) is 1. The molecule has 0 unspecified atom stereocenters. The van der Waals surface area contributed by atoms with Gasteiger partial charge in [-0.25, -0.2) is 9.59 Å². The van der Waals surface area contributed by atoms with Crippen LogP contribution in [0.25, 0.3) is 0 Å². The number of amides is 2. The van der Waals surface area contributed by atoms with Crippen molar-refractivity contribution < 1.29 is 23.8 Å². The van der Waals surface area contributed by atoms with Crippen molar-refractivity contribution in [2.75, 3.05) is 40.5 Å². The summed E-state index contributed by atoms with van der Waals surface area (Å²) in [6, 6.07) is 5.56. The first-order valence-corrected chi connectivity index (χ1v) is 9.47. The van der Waals surface area contributed by atoms with Crippen molar-refractivity contribution in [3.63, 3.8) is 0 Å². The molecular formula is C20H27N3O5. The maximum absolute atomic E-state index is 12.3. The van der Waals surface area contributed by atoms with Crippen LogP contribution in [0.15, 0.2) is 29.5 Å². The van der Waals surface area contributed by atoms with Gasteiger partial charge >= 0.3 is 12.0 Å². The van der Waals surface area contributed by atoms with E-state index in [1.54, 1.807) is 21.1 Å².